The topological polar surface area (TPSA) is 67.2 Å². The van der Waals surface area contributed by atoms with Crippen LogP contribution in [0.2, 0.25) is 5.02 Å². The summed E-state index contributed by atoms with van der Waals surface area (Å²) in [4.78, 5) is 29.6. The summed E-state index contributed by atoms with van der Waals surface area (Å²) < 4.78 is 1.68. The first-order valence-corrected chi connectivity index (χ1v) is 7.31. The largest absolute Gasteiger partial charge is 0.349 e. The lowest BCUT2D eigenvalue weighted by molar-refractivity contribution is -0.122. The van der Waals surface area contributed by atoms with Crippen molar-refractivity contribution in [3.05, 3.63) is 48.0 Å². The molecule has 3 rings (SSSR count). The average Bonchev–Trinajstić information content (AvgIpc) is 3.09. The second-order valence-electron chi connectivity index (χ2n) is 5.16. The standard InChI is InChI=1S/C15H15ClN4O2/c16-12-3-1-2-4-13(12)20-8-11(7-15(20)22)18-14(21)9-19-6-5-17-10-19/h1-6,10-11H,7-9H2,(H,18,21)/t11-/m0/s1. The third kappa shape index (κ3) is 3.12. The van der Waals surface area contributed by atoms with Gasteiger partial charge in [-0.2, -0.15) is 0 Å². The molecule has 0 spiro atoms. The fourth-order valence-electron chi connectivity index (χ4n) is 2.53. The molecule has 1 aromatic carbocycles. The Morgan fingerprint density at radius 2 is 2.23 bits per heavy atom. The Hall–Kier alpha value is -2.34. The van der Waals surface area contributed by atoms with Crippen LogP contribution in [0.4, 0.5) is 5.69 Å². The van der Waals surface area contributed by atoms with E-state index in [0.717, 1.165) is 0 Å². The predicted octanol–water partition coefficient (Wildman–Crippen LogP) is 1.46. The van der Waals surface area contributed by atoms with Gasteiger partial charge >= 0.3 is 0 Å². The van der Waals surface area contributed by atoms with E-state index in [1.807, 2.05) is 12.1 Å². The molecule has 1 fully saturated rings. The second kappa shape index (κ2) is 6.19. The van der Waals surface area contributed by atoms with Gasteiger partial charge in [-0.15, -0.1) is 0 Å². The van der Waals surface area contributed by atoms with Crippen LogP contribution < -0.4 is 10.2 Å². The van der Waals surface area contributed by atoms with Crippen molar-refractivity contribution in [1.29, 1.82) is 0 Å². The zero-order valence-corrected chi connectivity index (χ0v) is 12.5. The zero-order chi connectivity index (χ0) is 15.5. The molecule has 2 heterocycles. The van der Waals surface area contributed by atoms with Gasteiger partial charge in [0, 0.05) is 25.4 Å². The van der Waals surface area contributed by atoms with Gasteiger partial charge in [0.1, 0.15) is 6.54 Å². The smallest absolute Gasteiger partial charge is 0.240 e. The Balaban J connectivity index is 1.62. The van der Waals surface area contributed by atoms with E-state index in [9.17, 15) is 9.59 Å². The molecule has 0 aliphatic carbocycles. The van der Waals surface area contributed by atoms with Crippen LogP contribution in [0.15, 0.2) is 43.0 Å². The highest BCUT2D eigenvalue weighted by molar-refractivity contribution is 6.33. The van der Waals surface area contributed by atoms with Crippen LogP contribution in [-0.4, -0.2) is 34.0 Å². The molecular weight excluding hydrogens is 304 g/mol. The molecule has 1 atom stereocenters. The first-order chi connectivity index (χ1) is 10.6. The monoisotopic (exact) mass is 318 g/mol. The number of rotatable bonds is 4. The van der Waals surface area contributed by atoms with Gasteiger partial charge in [0.2, 0.25) is 11.8 Å². The minimum atomic E-state index is -0.209. The summed E-state index contributed by atoms with van der Waals surface area (Å²) in [5, 5.41) is 3.40. The first kappa shape index (κ1) is 14.6. The normalized spacial score (nSPS) is 17.8. The van der Waals surface area contributed by atoms with Crippen LogP contribution in [0.1, 0.15) is 6.42 Å². The summed E-state index contributed by atoms with van der Waals surface area (Å²) in [6.07, 6.45) is 5.19. The van der Waals surface area contributed by atoms with Gasteiger partial charge in [-0.3, -0.25) is 9.59 Å². The van der Waals surface area contributed by atoms with E-state index >= 15 is 0 Å². The third-order valence-electron chi connectivity index (χ3n) is 3.52. The molecule has 2 amide bonds. The van der Waals surface area contributed by atoms with E-state index in [-0.39, 0.29) is 30.8 Å². The number of hydrogen-bond acceptors (Lipinski definition) is 3. The highest BCUT2D eigenvalue weighted by Crippen LogP contribution is 2.28. The van der Waals surface area contributed by atoms with Crippen LogP contribution in [0.25, 0.3) is 0 Å². The van der Waals surface area contributed by atoms with Crippen LogP contribution in [-0.2, 0) is 16.1 Å². The van der Waals surface area contributed by atoms with E-state index < -0.39 is 0 Å². The molecule has 114 valence electrons. The van der Waals surface area contributed by atoms with Crippen LogP contribution in [0.5, 0.6) is 0 Å². The van der Waals surface area contributed by atoms with Gasteiger partial charge in [-0.25, -0.2) is 4.98 Å². The van der Waals surface area contributed by atoms with Crippen molar-refractivity contribution >= 4 is 29.1 Å². The highest BCUT2D eigenvalue weighted by Gasteiger charge is 2.32. The van der Waals surface area contributed by atoms with Gasteiger partial charge in [-0.1, -0.05) is 23.7 Å². The van der Waals surface area contributed by atoms with E-state index in [2.05, 4.69) is 10.3 Å². The van der Waals surface area contributed by atoms with E-state index in [1.165, 1.54) is 0 Å². The maximum absolute atomic E-state index is 12.1. The molecule has 0 saturated carbocycles. The minimum absolute atomic E-state index is 0.0407. The number of imidazole rings is 1. The fraction of sp³-hybridized carbons (Fsp3) is 0.267. The summed E-state index contributed by atoms with van der Waals surface area (Å²) in [6, 6.07) is 6.99. The second-order valence-corrected chi connectivity index (χ2v) is 5.57. The Kier molecular flexibility index (Phi) is 4.11. The number of amides is 2. The number of hydrogen-bond donors (Lipinski definition) is 1. The van der Waals surface area contributed by atoms with Crippen LogP contribution in [0, 0.1) is 0 Å². The molecule has 2 aromatic rings. The molecule has 7 heteroatoms. The van der Waals surface area contributed by atoms with E-state index in [1.54, 1.807) is 40.3 Å². The molecule has 0 radical (unpaired) electrons. The van der Waals surface area contributed by atoms with Gasteiger partial charge < -0.3 is 14.8 Å². The lowest BCUT2D eigenvalue weighted by Crippen LogP contribution is -2.38. The summed E-state index contributed by atoms with van der Waals surface area (Å²) in [5.74, 6) is -0.183. The number of aromatic nitrogens is 2. The van der Waals surface area contributed by atoms with Crippen LogP contribution >= 0.6 is 11.6 Å². The molecule has 1 aliphatic heterocycles. The number of benzene rings is 1. The summed E-state index contributed by atoms with van der Waals surface area (Å²) >= 11 is 6.13. The van der Waals surface area contributed by atoms with Crippen molar-refractivity contribution in [2.24, 2.45) is 0 Å². The summed E-state index contributed by atoms with van der Waals surface area (Å²) in [6.45, 7) is 0.620. The zero-order valence-electron chi connectivity index (χ0n) is 11.8. The number of para-hydroxylation sites is 1. The van der Waals surface area contributed by atoms with Crippen molar-refractivity contribution in [3.8, 4) is 0 Å². The first-order valence-electron chi connectivity index (χ1n) is 6.93. The molecule has 1 N–H and O–H groups in total. The molecule has 6 nitrogen and oxygen atoms in total. The Bertz CT molecular complexity index is 687. The van der Waals surface area contributed by atoms with Gasteiger partial charge in [0.25, 0.3) is 0 Å². The Morgan fingerprint density at radius 3 is 2.95 bits per heavy atom. The Labute approximate surface area is 132 Å². The number of carbonyl (C=O) groups excluding carboxylic acids is 2. The van der Waals surface area contributed by atoms with E-state index in [0.29, 0.717) is 17.3 Å². The third-order valence-corrected chi connectivity index (χ3v) is 3.84. The molecule has 1 aromatic heterocycles. The molecule has 0 bridgehead atoms. The fourth-order valence-corrected chi connectivity index (χ4v) is 2.76. The van der Waals surface area contributed by atoms with Crippen molar-refractivity contribution in [2.75, 3.05) is 11.4 Å². The van der Waals surface area contributed by atoms with Crippen molar-refractivity contribution in [2.45, 2.75) is 19.0 Å². The van der Waals surface area contributed by atoms with Crippen molar-refractivity contribution in [3.63, 3.8) is 0 Å². The molecule has 1 saturated heterocycles. The predicted molar refractivity (Wildman–Crippen MR) is 82.6 cm³/mol. The molecule has 0 unspecified atom stereocenters. The molecule has 22 heavy (non-hydrogen) atoms. The number of nitrogens with one attached hydrogen (secondary N) is 1. The van der Waals surface area contributed by atoms with Gasteiger partial charge in [0.15, 0.2) is 0 Å². The maximum Gasteiger partial charge on any atom is 0.240 e. The lowest BCUT2D eigenvalue weighted by Gasteiger charge is -2.18. The summed E-state index contributed by atoms with van der Waals surface area (Å²) in [5.41, 5.74) is 0.681. The van der Waals surface area contributed by atoms with Gasteiger partial charge in [-0.05, 0) is 12.1 Å². The number of anilines is 1. The highest BCUT2D eigenvalue weighted by atomic mass is 35.5. The molecular formula is C15H15ClN4O2. The lowest BCUT2D eigenvalue weighted by atomic mass is 10.2. The Morgan fingerprint density at radius 1 is 1.41 bits per heavy atom. The average molecular weight is 319 g/mol. The quantitative estimate of drug-likeness (QED) is 0.928. The van der Waals surface area contributed by atoms with Crippen LogP contribution in [0.3, 0.4) is 0 Å². The number of nitrogens with zero attached hydrogens (tertiary/aromatic N) is 3. The summed E-state index contributed by atoms with van der Waals surface area (Å²) in [7, 11) is 0. The maximum atomic E-state index is 12.1. The molecule has 1 aliphatic rings. The SMILES string of the molecule is O=C(Cn1ccnc1)N[C@H]1CC(=O)N(c2ccccc2Cl)C1. The van der Waals surface area contributed by atoms with E-state index in [4.69, 9.17) is 11.6 Å². The number of carbonyl (C=O) groups is 2. The van der Waals surface area contributed by atoms with Gasteiger partial charge in [0.05, 0.1) is 23.1 Å². The van der Waals surface area contributed by atoms with Crippen molar-refractivity contribution in [1.82, 2.24) is 14.9 Å². The number of halogens is 1. The van der Waals surface area contributed by atoms with Crippen molar-refractivity contribution < 1.29 is 9.59 Å². The minimum Gasteiger partial charge on any atom is -0.349 e.